The number of rotatable bonds is 5. The number of hydrogen-bond acceptors (Lipinski definition) is 2. The van der Waals surface area contributed by atoms with Crippen LogP contribution in [0, 0.1) is 0 Å². The maximum atomic E-state index is 6.08. The van der Waals surface area contributed by atoms with Crippen molar-refractivity contribution in [1.82, 2.24) is 5.32 Å². The molecule has 1 atom stereocenters. The molecule has 1 unspecified atom stereocenters. The molecule has 2 rings (SSSR count). The van der Waals surface area contributed by atoms with Gasteiger partial charge in [-0.25, -0.2) is 0 Å². The van der Waals surface area contributed by atoms with Crippen molar-refractivity contribution < 1.29 is 4.74 Å². The third-order valence-corrected chi connectivity index (χ3v) is 2.91. The highest BCUT2D eigenvalue weighted by Gasteiger charge is 2.10. The largest absolute Gasteiger partial charge is 0.475 e. The summed E-state index contributed by atoms with van der Waals surface area (Å²) in [5.41, 5.74) is 0. The van der Waals surface area contributed by atoms with E-state index in [-0.39, 0.29) is 6.23 Å². The summed E-state index contributed by atoms with van der Waals surface area (Å²) in [4.78, 5) is 0. The van der Waals surface area contributed by atoms with Crippen molar-refractivity contribution in [1.29, 1.82) is 0 Å². The fraction of sp³-hybridized carbons (Fsp3) is 0.375. The lowest BCUT2D eigenvalue weighted by atomic mass is 10.1. The Balaban J connectivity index is 2.25. The fourth-order valence-electron chi connectivity index (χ4n) is 2.06. The Kier molecular flexibility index (Phi) is 4.21. The Morgan fingerprint density at radius 3 is 2.50 bits per heavy atom. The molecule has 0 saturated heterocycles. The van der Waals surface area contributed by atoms with Crippen molar-refractivity contribution in [3.05, 3.63) is 42.5 Å². The second kappa shape index (κ2) is 5.87. The van der Waals surface area contributed by atoms with Gasteiger partial charge in [-0.2, -0.15) is 0 Å². The molecule has 0 aliphatic carbocycles. The summed E-state index contributed by atoms with van der Waals surface area (Å²) in [5, 5.41) is 5.81. The quantitative estimate of drug-likeness (QED) is 0.803. The van der Waals surface area contributed by atoms with Gasteiger partial charge in [0.1, 0.15) is 12.0 Å². The minimum atomic E-state index is 0.0656. The normalized spacial score (nSPS) is 12.9. The van der Waals surface area contributed by atoms with Gasteiger partial charge in [0.05, 0.1) is 0 Å². The van der Waals surface area contributed by atoms with E-state index in [4.69, 9.17) is 4.74 Å². The number of benzene rings is 2. The summed E-state index contributed by atoms with van der Waals surface area (Å²) in [6.45, 7) is 6.40. The predicted octanol–water partition coefficient (Wildman–Crippen LogP) is 3.95. The van der Waals surface area contributed by atoms with Crippen molar-refractivity contribution in [2.24, 2.45) is 0 Å². The second-order valence-electron chi connectivity index (χ2n) is 4.81. The van der Waals surface area contributed by atoms with E-state index in [1.807, 2.05) is 18.2 Å². The van der Waals surface area contributed by atoms with Gasteiger partial charge in [-0.3, -0.25) is 5.32 Å². The van der Waals surface area contributed by atoms with Crippen LogP contribution in [0.25, 0.3) is 10.8 Å². The molecular formula is C16H21NO. The number of fused-ring (bicyclic) bond motifs is 1. The van der Waals surface area contributed by atoms with E-state index in [0.29, 0.717) is 6.04 Å². The van der Waals surface area contributed by atoms with Crippen molar-refractivity contribution in [3.63, 3.8) is 0 Å². The molecule has 0 bridgehead atoms. The maximum Gasteiger partial charge on any atom is 0.150 e. The smallest absolute Gasteiger partial charge is 0.150 e. The molecule has 2 aromatic carbocycles. The lowest BCUT2D eigenvalue weighted by Crippen LogP contribution is -2.38. The van der Waals surface area contributed by atoms with Gasteiger partial charge in [0, 0.05) is 11.4 Å². The topological polar surface area (TPSA) is 21.3 Å². The maximum absolute atomic E-state index is 6.08. The van der Waals surface area contributed by atoms with Gasteiger partial charge in [0.25, 0.3) is 0 Å². The van der Waals surface area contributed by atoms with E-state index in [0.717, 1.165) is 12.2 Å². The molecule has 0 aliphatic heterocycles. The van der Waals surface area contributed by atoms with Gasteiger partial charge in [0.2, 0.25) is 0 Å². The first-order valence-electron chi connectivity index (χ1n) is 6.61. The molecule has 0 heterocycles. The van der Waals surface area contributed by atoms with Crippen LogP contribution in [0.2, 0.25) is 0 Å². The first-order chi connectivity index (χ1) is 8.70. The number of hydrogen-bond donors (Lipinski definition) is 1. The summed E-state index contributed by atoms with van der Waals surface area (Å²) in [6.07, 6.45) is 1.01. The zero-order chi connectivity index (χ0) is 13.0. The monoisotopic (exact) mass is 243 g/mol. The Hall–Kier alpha value is -1.54. The number of nitrogens with one attached hydrogen (secondary N) is 1. The van der Waals surface area contributed by atoms with Crippen LogP contribution in [0.3, 0.4) is 0 Å². The minimum absolute atomic E-state index is 0.0656. The molecule has 0 spiro atoms. The first-order valence-corrected chi connectivity index (χ1v) is 6.61. The molecular weight excluding hydrogens is 222 g/mol. The van der Waals surface area contributed by atoms with Crippen LogP contribution in [0.5, 0.6) is 5.75 Å². The minimum Gasteiger partial charge on any atom is -0.475 e. The molecule has 2 heteroatoms. The van der Waals surface area contributed by atoms with Crippen LogP contribution >= 0.6 is 0 Å². The molecule has 0 fully saturated rings. The van der Waals surface area contributed by atoms with E-state index in [1.54, 1.807) is 0 Å². The lowest BCUT2D eigenvalue weighted by Gasteiger charge is -2.22. The summed E-state index contributed by atoms with van der Waals surface area (Å²) in [5.74, 6) is 0.952. The molecule has 2 aromatic rings. The van der Waals surface area contributed by atoms with E-state index in [1.165, 1.54) is 10.8 Å². The highest BCUT2D eigenvalue weighted by molar-refractivity contribution is 5.88. The van der Waals surface area contributed by atoms with Crippen molar-refractivity contribution in [2.75, 3.05) is 0 Å². The third kappa shape index (κ3) is 3.02. The standard InChI is InChI=1S/C16H21NO/c1-4-16(17-12(2)3)18-15-11-7-9-13-8-5-6-10-14(13)15/h5-12,16-17H,4H2,1-3H3. The molecule has 18 heavy (non-hydrogen) atoms. The predicted molar refractivity (Wildman–Crippen MR) is 76.9 cm³/mol. The van der Waals surface area contributed by atoms with E-state index < -0.39 is 0 Å². The highest BCUT2D eigenvalue weighted by atomic mass is 16.5. The van der Waals surface area contributed by atoms with Gasteiger partial charge in [-0.05, 0) is 31.7 Å². The summed E-state index contributed by atoms with van der Waals surface area (Å²) in [7, 11) is 0. The Labute approximate surface area is 109 Å². The van der Waals surface area contributed by atoms with Gasteiger partial charge >= 0.3 is 0 Å². The Morgan fingerprint density at radius 1 is 1.06 bits per heavy atom. The lowest BCUT2D eigenvalue weighted by molar-refractivity contribution is 0.151. The number of ether oxygens (including phenoxy) is 1. The second-order valence-corrected chi connectivity index (χ2v) is 4.81. The molecule has 0 saturated carbocycles. The summed E-state index contributed by atoms with van der Waals surface area (Å²) < 4.78 is 6.08. The summed E-state index contributed by atoms with van der Waals surface area (Å²) >= 11 is 0. The molecule has 0 aliphatic rings. The summed E-state index contributed by atoms with van der Waals surface area (Å²) in [6, 6.07) is 14.9. The fourth-order valence-corrected chi connectivity index (χ4v) is 2.06. The zero-order valence-corrected chi connectivity index (χ0v) is 11.3. The first kappa shape index (κ1) is 12.9. The van der Waals surface area contributed by atoms with Crippen LogP contribution in [-0.2, 0) is 0 Å². The average molecular weight is 243 g/mol. The van der Waals surface area contributed by atoms with E-state index in [9.17, 15) is 0 Å². The van der Waals surface area contributed by atoms with Crippen molar-refractivity contribution in [2.45, 2.75) is 39.5 Å². The highest BCUT2D eigenvalue weighted by Crippen LogP contribution is 2.26. The third-order valence-electron chi connectivity index (χ3n) is 2.91. The molecule has 96 valence electrons. The van der Waals surface area contributed by atoms with Crippen LogP contribution in [0.15, 0.2) is 42.5 Å². The van der Waals surface area contributed by atoms with Crippen molar-refractivity contribution >= 4 is 10.8 Å². The van der Waals surface area contributed by atoms with E-state index in [2.05, 4.69) is 50.4 Å². The van der Waals surface area contributed by atoms with Crippen molar-refractivity contribution in [3.8, 4) is 5.75 Å². The van der Waals surface area contributed by atoms with Gasteiger partial charge in [0.15, 0.2) is 0 Å². The molecule has 0 radical (unpaired) electrons. The Morgan fingerprint density at radius 2 is 1.78 bits per heavy atom. The van der Waals surface area contributed by atoms with Gasteiger partial charge in [-0.15, -0.1) is 0 Å². The van der Waals surface area contributed by atoms with Crippen LogP contribution in [-0.4, -0.2) is 12.3 Å². The van der Waals surface area contributed by atoms with Crippen LogP contribution < -0.4 is 10.1 Å². The van der Waals surface area contributed by atoms with E-state index >= 15 is 0 Å². The molecule has 0 aromatic heterocycles. The van der Waals surface area contributed by atoms with Gasteiger partial charge in [-0.1, -0.05) is 43.3 Å². The SMILES string of the molecule is CCC(NC(C)C)Oc1cccc2ccccc12. The molecule has 1 N–H and O–H groups in total. The molecule has 2 nitrogen and oxygen atoms in total. The van der Waals surface area contributed by atoms with Crippen LogP contribution in [0.4, 0.5) is 0 Å². The molecule has 0 amide bonds. The van der Waals surface area contributed by atoms with Gasteiger partial charge < -0.3 is 4.74 Å². The Bertz CT molecular complexity index is 502. The average Bonchev–Trinajstić information content (AvgIpc) is 2.38. The zero-order valence-electron chi connectivity index (χ0n) is 11.3. The van der Waals surface area contributed by atoms with Crippen LogP contribution in [0.1, 0.15) is 27.2 Å².